The molecule has 1 aliphatic rings. The van der Waals surface area contributed by atoms with Crippen LogP contribution in [0.5, 0.6) is 0 Å². The van der Waals surface area contributed by atoms with E-state index in [4.69, 9.17) is 11.6 Å². The first-order valence-corrected chi connectivity index (χ1v) is 9.68. The van der Waals surface area contributed by atoms with Crippen LogP contribution in [0.3, 0.4) is 0 Å². The van der Waals surface area contributed by atoms with Gasteiger partial charge in [0.2, 0.25) is 0 Å². The van der Waals surface area contributed by atoms with Gasteiger partial charge in [-0.1, -0.05) is 41.9 Å². The van der Waals surface area contributed by atoms with E-state index in [-0.39, 0.29) is 17.6 Å². The number of benzene rings is 2. The van der Waals surface area contributed by atoms with Gasteiger partial charge in [-0.15, -0.1) is 0 Å². The summed E-state index contributed by atoms with van der Waals surface area (Å²) in [6, 6.07) is 14.4. The number of anilines is 1. The molecule has 0 radical (unpaired) electrons. The fourth-order valence-corrected chi connectivity index (χ4v) is 3.67. The van der Waals surface area contributed by atoms with Crippen LogP contribution < -0.4 is 15.1 Å². The molecular weight excluding hydrogens is 380 g/mol. The molecule has 1 fully saturated rings. The fraction of sp³-hybridized carbons (Fsp3) is 0.350. The smallest absolute Gasteiger partial charge is 0.294 e. The van der Waals surface area contributed by atoms with E-state index in [2.05, 4.69) is 5.32 Å². The number of quaternary nitrogens is 1. The molecule has 148 valence electrons. The minimum Gasteiger partial charge on any atom is -0.355 e. The van der Waals surface area contributed by atoms with Crippen LogP contribution in [0.25, 0.3) is 0 Å². The predicted molar refractivity (Wildman–Crippen MR) is 109 cm³/mol. The highest BCUT2D eigenvalue weighted by molar-refractivity contribution is 6.30. The highest BCUT2D eigenvalue weighted by atomic mass is 35.5. The summed E-state index contributed by atoms with van der Waals surface area (Å²) in [6.45, 7) is 5.21. The van der Waals surface area contributed by atoms with Crippen molar-refractivity contribution < 1.29 is 14.6 Å². The fourth-order valence-electron chi connectivity index (χ4n) is 3.50. The van der Waals surface area contributed by atoms with Crippen molar-refractivity contribution in [3.05, 3.63) is 69.2 Å². The molecule has 1 amide bonds. The number of carbonyl (C=O) groups excluding carboxylic acids is 1. The van der Waals surface area contributed by atoms with E-state index < -0.39 is 4.92 Å². The van der Waals surface area contributed by atoms with Gasteiger partial charge in [0.05, 0.1) is 31.1 Å². The van der Waals surface area contributed by atoms with Gasteiger partial charge in [-0.25, -0.2) is 0 Å². The number of halogens is 1. The lowest BCUT2D eigenvalue weighted by Crippen LogP contribution is -3.19. The molecule has 2 N–H and O–H groups in total. The Balaban J connectivity index is 1.56. The van der Waals surface area contributed by atoms with Crippen LogP contribution in [0, 0.1) is 10.1 Å². The molecule has 0 bridgehead atoms. The SMILES string of the molecule is C[C@H](C(=O)NCc1ccccc1)[NH+]1CCN(c2ccc(Cl)cc2[N+](=O)[O-])CC1. The van der Waals surface area contributed by atoms with E-state index in [9.17, 15) is 14.9 Å². The molecule has 3 rings (SSSR count). The second-order valence-electron chi connectivity index (χ2n) is 6.96. The summed E-state index contributed by atoms with van der Waals surface area (Å²) in [6.07, 6.45) is 0. The van der Waals surface area contributed by atoms with Gasteiger partial charge in [-0.05, 0) is 24.6 Å². The van der Waals surface area contributed by atoms with Crippen LogP contribution in [-0.2, 0) is 11.3 Å². The number of hydrogen-bond acceptors (Lipinski definition) is 4. The maximum Gasteiger partial charge on any atom is 0.294 e. The van der Waals surface area contributed by atoms with Gasteiger partial charge in [-0.3, -0.25) is 14.9 Å². The van der Waals surface area contributed by atoms with Crippen molar-refractivity contribution in [2.24, 2.45) is 0 Å². The van der Waals surface area contributed by atoms with Crippen molar-refractivity contribution in [2.75, 3.05) is 31.1 Å². The number of amides is 1. The van der Waals surface area contributed by atoms with Gasteiger partial charge in [-0.2, -0.15) is 0 Å². The minimum atomic E-state index is -0.403. The van der Waals surface area contributed by atoms with Crippen molar-refractivity contribution in [3.63, 3.8) is 0 Å². The van der Waals surface area contributed by atoms with Gasteiger partial charge in [0.15, 0.2) is 6.04 Å². The first kappa shape index (κ1) is 20.1. The third kappa shape index (κ3) is 4.79. The Morgan fingerprint density at radius 1 is 1.25 bits per heavy atom. The lowest BCUT2D eigenvalue weighted by molar-refractivity contribution is -0.914. The number of hydrogen-bond donors (Lipinski definition) is 2. The summed E-state index contributed by atoms with van der Waals surface area (Å²) in [5, 5.41) is 14.7. The number of carbonyl (C=O) groups is 1. The summed E-state index contributed by atoms with van der Waals surface area (Å²) in [5.74, 6) is 0.0183. The summed E-state index contributed by atoms with van der Waals surface area (Å²) in [4.78, 5) is 26.6. The molecule has 0 spiro atoms. The van der Waals surface area contributed by atoms with Crippen LogP contribution in [0.2, 0.25) is 5.02 Å². The zero-order chi connectivity index (χ0) is 20.1. The monoisotopic (exact) mass is 403 g/mol. The predicted octanol–water partition coefficient (Wildman–Crippen LogP) is 1.66. The third-order valence-electron chi connectivity index (χ3n) is 5.20. The zero-order valence-corrected chi connectivity index (χ0v) is 16.5. The quantitative estimate of drug-likeness (QED) is 0.568. The van der Waals surface area contributed by atoms with Crippen molar-refractivity contribution >= 4 is 28.9 Å². The number of piperazine rings is 1. The van der Waals surface area contributed by atoms with Gasteiger partial charge < -0.3 is 15.1 Å². The molecule has 1 saturated heterocycles. The largest absolute Gasteiger partial charge is 0.355 e. The Labute approximate surface area is 169 Å². The molecule has 2 aromatic rings. The van der Waals surface area contributed by atoms with Crippen molar-refractivity contribution in [3.8, 4) is 0 Å². The van der Waals surface area contributed by atoms with Crippen molar-refractivity contribution in [2.45, 2.75) is 19.5 Å². The normalized spacial score (nSPS) is 15.9. The van der Waals surface area contributed by atoms with Crippen LogP contribution in [-0.4, -0.2) is 43.1 Å². The number of rotatable bonds is 6. The minimum absolute atomic E-state index is 0.0182. The van der Waals surface area contributed by atoms with E-state index >= 15 is 0 Å². The number of nitrogens with one attached hydrogen (secondary N) is 2. The Morgan fingerprint density at radius 2 is 1.93 bits per heavy atom. The van der Waals surface area contributed by atoms with Crippen molar-refractivity contribution in [1.82, 2.24) is 5.32 Å². The summed E-state index contributed by atoms with van der Waals surface area (Å²) < 4.78 is 0. The Kier molecular flexibility index (Phi) is 6.49. The third-order valence-corrected chi connectivity index (χ3v) is 5.43. The number of nitro benzene ring substituents is 1. The van der Waals surface area contributed by atoms with Crippen LogP contribution in [0.1, 0.15) is 12.5 Å². The summed E-state index contributed by atoms with van der Waals surface area (Å²) in [7, 11) is 0. The molecule has 0 saturated carbocycles. The number of nitro groups is 1. The molecule has 1 atom stereocenters. The molecule has 7 nitrogen and oxygen atoms in total. The molecule has 28 heavy (non-hydrogen) atoms. The standard InChI is InChI=1S/C20H23ClN4O3/c1-15(20(26)22-14-16-5-3-2-4-6-16)23-9-11-24(12-10-23)18-8-7-17(21)13-19(18)25(27)28/h2-8,13,15H,9-12,14H2,1H3,(H,22,26)/p+1/t15-/m1/s1. The molecule has 1 heterocycles. The second-order valence-corrected chi connectivity index (χ2v) is 7.40. The second kappa shape index (κ2) is 9.03. The van der Waals surface area contributed by atoms with Crippen molar-refractivity contribution in [1.29, 1.82) is 0 Å². The summed E-state index contributed by atoms with van der Waals surface area (Å²) in [5.41, 5.74) is 1.66. The highest BCUT2D eigenvalue weighted by Gasteiger charge is 2.31. The van der Waals surface area contributed by atoms with E-state index in [0.29, 0.717) is 30.3 Å². The highest BCUT2D eigenvalue weighted by Crippen LogP contribution is 2.30. The van der Waals surface area contributed by atoms with Gasteiger partial charge in [0, 0.05) is 17.6 Å². The molecule has 2 aromatic carbocycles. The lowest BCUT2D eigenvalue weighted by Gasteiger charge is -2.35. The molecule has 0 aliphatic carbocycles. The topological polar surface area (TPSA) is 79.9 Å². The number of nitrogens with zero attached hydrogens (tertiary/aromatic N) is 2. The lowest BCUT2D eigenvalue weighted by atomic mass is 10.1. The zero-order valence-electron chi connectivity index (χ0n) is 15.7. The maximum absolute atomic E-state index is 12.5. The van der Waals surface area contributed by atoms with E-state index in [1.165, 1.54) is 11.0 Å². The molecule has 8 heteroatoms. The molecular formula is C20H24ClN4O3+. The summed E-state index contributed by atoms with van der Waals surface area (Å²) >= 11 is 5.90. The van der Waals surface area contributed by atoms with Crippen LogP contribution in [0.4, 0.5) is 11.4 Å². The first-order chi connectivity index (χ1) is 13.5. The average molecular weight is 404 g/mol. The molecule has 0 aromatic heterocycles. The van der Waals surface area contributed by atoms with Gasteiger partial charge in [0.1, 0.15) is 5.69 Å². The molecule has 0 unspecified atom stereocenters. The van der Waals surface area contributed by atoms with Crippen LogP contribution >= 0.6 is 11.6 Å². The first-order valence-electron chi connectivity index (χ1n) is 9.31. The van der Waals surface area contributed by atoms with E-state index in [1.807, 2.05) is 42.2 Å². The maximum atomic E-state index is 12.5. The molecule has 1 aliphatic heterocycles. The van der Waals surface area contributed by atoms with E-state index in [0.717, 1.165) is 18.7 Å². The van der Waals surface area contributed by atoms with Gasteiger partial charge in [0.25, 0.3) is 11.6 Å². The Morgan fingerprint density at radius 3 is 2.57 bits per heavy atom. The van der Waals surface area contributed by atoms with Gasteiger partial charge >= 0.3 is 0 Å². The average Bonchev–Trinajstić information content (AvgIpc) is 2.72. The van der Waals surface area contributed by atoms with Crippen LogP contribution in [0.15, 0.2) is 48.5 Å². The Hall–Kier alpha value is -2.64. The van der Waals surface area contributed by atoms with E-state index in [1.54, 1.807) is 12.1 Å². The Bertz CT molecular complexity index is 839.